The zero-order valence-electron chi connectivity index (χ0n) is 8.96. The van der Waals surface area contributed by atoms with Gasteiger partial charge in [0.1, 0.15) is 0 Å². The fraction of sp³-hybridized carbons (Fsp3) is 0.750. The Bertz CT molecular complexity index is 212. The predicted octanol–water partition coefficient (Wildman–Crippen LogP) is 3.38. The Morgan fingerprint density at radius 1 is 1.36 bits per heavy atom. The van der Waals surface area contributed by atoms with Crippen LogP contribution in [0.25, 0.3) is 0 Å². The highest BCUT2D eigenvalue weighted by Crippen LogP contribution is 2.27. The van der Waals surface area contributed by atoms with Crippen LogP contribution in [0.4, 0.5) is 0 Å². The van der Waals surface area contributed by atoms with Gasteiger partial charge in [-0.25, -0.2) is 4.79 Å². The van der Waals surface area contributed by atoms with Crippen LogP contribution in [0.15, 0.2) is 11.6 Å². The number of carboxylic acid groups (broad SMARTS) is 1. The van der Waals surface area contributed by atoms with Gasteiger partial charge in [-0.05, 0) is 25.7 Å². The number of rotatable bonds is 4. The summed E-state index contributed by atoms with van der Waals surface area (Å²) in [7, 11) is 0. The van der Waals surface area contributed by atoms with Crippen LogP contribution < -0.4 is 0 Å². The molecule has 0 atom stereocenters. The van der Waals surface area contributed by atoms with Crippen LogP contribution in [0.2, 0.25) is 0 Å². The lowest BCUT2D eigenvalue weighted by atomic mass is 9.86. The summed E-state index contributed by atoms with van der Waals surface area (Å²) in [4.78, 5) is 10.5. The Morgan fingerprint density at radius 3 is 2.57 bits per heavy atom. The van der Waals surface area contributed by atoms with E-state index < -0.39 is 5.97 Å². The molecule has 0 saturated heterocycles. The van der Waals surface area contributed by atoms with Crippen molar-refractivity contribution in [1.29, 1.82) is 0 Å². The molecule has 0 aromatic carbocycles. The second-order valence-electron chi connectivity index (χ2n) is 4.27. The standard InChI is InChI=1S/C12H20O2/c1-10(12(13)14)6-5-9-11-7-3-2-4-8-11/h6,11H,2-5,7-9H2,1H3,(H,13,14). The molecule has 1 aliphatic carbocycles. The zero-order chi connectivity index (χ0) is 10.4. The molecule has 2 heteroatoms. The monoisotopic (exact) mass is 196 g/mol. The maximum Gasteiger partial charge on any atom is 0.330 e. The molecule has 0 unspecified atom stereocenters. The van der Waals surface area contributed by atoms with E-state index >= 15 is 0 Å². The van der Waals surface area contributed by atoms with Crippen molar-refractivity contribution in [3.8, 4) is 0 Å². The molecule has 0 aromatic rings. The van der Waals surface area contributed by atoms with Gasteiger partial charge in [0.15, 0.2) is 0 Å². The molecule has 0 heterocycles. The van der Waals surface area contributed by atoms with Crippen molar-refractivity contribution in [2.24, 2.45) is 5.92 Å². The normalized spacial score (nSPS) is 19.6. The first-order valence-corrected chi connectivity index (χ1v) is 5.60. The number of carboxylic acids is 1. The van der Waals surface area contributed by atoms with Crippen molar-refractivity contribution >= 4 is 5.97 Å². The molecule has 0 amide bonds. The second kappa shape index (κ2) is 5.84. The highest BCUT2D eigenvalue weighted by Gasteiger charge is 2.12. The van der Waals surface area contributed by atoms with Crippen molar-refractivity contribution in [2.75, 3.05) is 0 Å². The molecular weight excluding hydrogens is 176 g/mol. The van der Waals surface area contributed by atoms with Crippen molar-refractivity contribution in [3.05, 3.63) is 11.6 Å². The van der Waals surface area contributed by atoms with Crippen molar-refractivity contribution < 1.29 is 9.90 Å². The third kappa shape index (κ3) is 3.95. The summed E-state index contributed by atoms with van der Waals surface area (Å²) in [5.74, 6) is 0.0650. The first kappa shape index (κ1) is 11.3. The molecule has 2 nitrogen and oxygen atoms in total. The molecule has 1 N–H and O–H groups in total. The van der Waals surface area contributed by atoms with Gasteiger partial charge in [-0.15, -0.1) is 0 Å². The molecule has 1 rings (SSSR count). The summed E-state index contributed by atoms with van der Waals surface area (Å²) in [6, 6.07) is 0. The number of allylic oxidation sites excluding steroid dienone is 1. The van der Waals surface area contributed by atoms with Crippen LogP contribution in [-0.2, 0) is 4.79 Å². The minimum atomic E-state index is -0.784. The van der Waals surface area contributed by atoms with Crippen molar-refractivity contribution in [1.82, 2.24) is 0 Å². The summed E-state index contributed by atoms with van der Waals surface area (Å²) in [6.45, 7) is 1.67. The van der Waals surface area contributed by atoms with E-state index in [1.54, 1.807) is 6.92 Å². The lowest BCUT2D eigenvalue weighted by Gasteiger charge is -2.20. The molecule has 0 aromatic heterocycles. The predicted molar refractivity (Wildman–Crippen MR) is 57.2 cm³/mol. The Labute approximate surface area is 86.0 Å². The molecule has 0 aliphatic heterocycles. The van der Waals surface area contributed by atoms with Gasteiger partial charge in [-0.2, -0.15) is 0 Å². The molecule has 0 spiro atoms. The van der Waals surface area contributed by atoms with Crippen LogP contribution in [0.1, 0.15) is 51.9 Å². The van der Waals surface area contributed by atoms with Gasteiger partial charge in [0.2, 0.25) is 0 Å². The first-order chi connectivity index (χ1) is 6.70. The number of aliphatic carboxylic acids is 1. The summed E-state index contributed by atoms with van der Waals surface area (Å²) < 4.78 is 0. The molecule has 1 saturated carbocycles. The van der Waals surface area contributed by atoms with E-state index in [1.807, 2.05) is 6.08 Å². The maximum absolute atomic E-state index is 10.5. The minimum absolute atomic E-state index is 0.487. The summed E-state index contributed by atoms with van der Waals surface area (Å²) in [6.07, 6.45) is 10.8. The maximum atomic E-state index is 10.5. The van der Waals surface area contributed by atoms with Gasteiger partial charge in [0.25, 0.3) is 0 Å². The van der Waals surface area contributed by atoms with E-state index in [0.29, 0.717) is 5.57 Å². The van der Waals surface area contributed by atoms with Gasteiger partial charge in [0.05, 0.1) is 0 Å². The highest BCUT2D eigenvalue weighted by atomic mass is 16.4. The van der Waals surface area contributed by atoms with Crippen LogP contribution in [0.3, 0.4) is 0 Å². The van der Waals surface area contributed by atoms with E-state index in [2.05, 4.69) is 0 Å². The van der Waals surface area contributed by atoms with E-state index in [-0.39, 0.29) is 0 Å². The van der Waals surface area contributed by atoms with Crippen LogP contribution >= 0.6 is 0 Å². The smallest absolute Gasteiger partial charge is 0.330 e. The minimum Gasteiger partial charge on any atom is -0.478 e. The lowest BCUT2D eigenvalue weighted by molar-refractivity contribution is -0.132. The van der Waals surface area contributed by atoms with Crippen LogP contribution in [0.5, 0.6) is 0 Å². The van der Waals surface area contributed by atoms with Gasteiger partial charge in [-0.3, -0.25) is 0 Å². The van der Waals surface area contributed by atoms with Crippen molar-refractivity contribution in [3.63, 3.8) is 0 Å². The van der Waals surface area contributed by atoms with E-state index in [4.69, 9.17) is 5.11 Å². The summed E-state index contributed by atoms with van der Waals surface area (Å²) in [5, 5.41) is 8.65. The molecule has 1 aliphatic rings. The first-order valence-electron chi connectivity index (χ1n) is 5.60. The summed E-state index contributed by atoms with van der Waals surface area (Å²) >= 11 is 0. The zero-order valence-corrected chi connectivity index (χ0v) is 8.96. The highest BCUT2D eigenvalue weighted by molar-refractivity contribution is 5.85. The average molecular weight is 196 g/mol. The largest absolute Gasteiger partial charge is 0.478 e. The van der Waals surface area contributed by atoms with Crippen LogP contribution in [0, 0.1) is 5.92 Å². The molecule has 0 radical (unpaired) electrons. The molecule has 14 heavy (non-hydrogen) atoms. The van der Waals surface area contributed by atoms with E-state index in [1.165, 1.54) is 38.5 Å². The fourth-order valence-corrected chi connectivity index (χ4v) is 2.10. The molecular formula is C12H20O2. The molecule has 1 fully saturated rings. The fourth-order valence-electron chi connectivity index (χ4n) is 2.10. The Kier molecular flexibility index (Phi) is 4.71. The third-order valence-electron chi connectivity index (χ3n) is 3.09. The molecule has 0 bridgehead atoms. The van der Waals surface area contributed by atoms with Gasteiger partial charge in [0, 0.05) is 5.57 Å². The number of hydrogen-bond donors (Lipinski definition) is 1. The van der Waals surface area contributed by atoms with Gasteiger partial charge >= 0.3 is 5.97 Å². The van der Waals surface area contributed by atoms with E-state index in [0.717, 1.165) is 12.3 Å². The average Bonchev–Trinajstić information content (AvgIpc) is 2.19. The third-order valence-corrected chi connectivity index (χ3v) is 3.09. The Hall–Kier alpha value is -0.790. The van der Waals surface area contributed by atoms with Gasteiger partial charge in [-0.1, -0.05) is 38.2 Å². The topological polar surface area (TPSA) is 37.3 Å². The Balaban J connectivity index is 2.19. The van der Waals surface area contributed by atoms with Gasteiger partial charge < -0.3 is 5.11 Å². The van der Waals surface area contributed by atoms with E-state index in [9.17, 15) is 4.79 Å². The Morgan fingerprint density at radius 2 is 2.00 bits per heavy atom. The number of hydrogen-bond acceptors (Lipinski definition) is 1. The SMILES string of the molecule is CC(=CCCC1CCCCC1)C(=O)O. The second-order valence-corrected chi connectivity index (χ2v) is 4.27. The quantitative estimate of drug-likeness (QED) is 0.700. The van der Waals surface area contributed by atoms with Crippen LogP contribution in [-0.4, -0.2) is 11.1 Å². The number of carbonyl (C=O) groups is 1. The lowest BCUT2D eigenvalue weighted by Crippen LogP contribution is -2.05. The van der Waals surface area contributed by atoms with Crippen molar-refractivity contribution in [2.45, 2.75) is 51.9 Å². The molecule has 80 valence electrons. The summed E-state index contributed by atoms with van der Waals surface area (Å²) in [5.41, 5.74) is 0.487.